The lowest BCUT2D eigenvalue weighted by Gasteiger charge is -2.09. The number of pyridine rings is 1. The quantitative estimate of drug-likeness (QED) is 0.350. The third-order valence-corrected chi connectivity index (χ3v) is 4.24. The summed E-state index contributed by atoms with van der Waals surface area (Å²) in [5, 5.41) is 22.8. The summed E-state index contributed by atoms with van der Waals surface area (Å²) in [6, 6.07) is 10.9. The van der Waals surface area contributed by atoms with E-state index in [1.54, 1.807) is 6.92 Å². The summed E-state index contributed by atoms with van der Waals surface area (Å²) in [5.74, 6) is 0.686. The third kappa shape index (κ3) is 4.37. The van der Waals surface area contributed by atoms with Crippen LogP contribution in [0.1, 0.15) is 23.1 Å². The lowest BCUT2D eigenvalue weighted by atomic mass is 10.2. The lowest BCUT2D eigenvalue weighted by molar-refractivity contribution is -0.384. The maximum absolute atomic E-state index is 12.0. The van der Waals surface area contributed by atoms with E-state index in [0.29, 0.717) is 18.8 Å². The normalized spacial score (nSPS) is 10.6. The van der Waals surface area contributed by atoms with Crippen LogP contribution >= 0.6 is 0 Å². The molecule has 0 bridgehead atoms. The van der Waals surface area contributed by atoms with E-state index in [2.05, 4.69) is 20.5 Å². The summed E-state index contributed by atoms with van der Waals surface area (Å²) >= 11 is 0. The Hall–Kier alpha value is -3.82. The Morgan fingerprint density at radius 3 is 2.69 bits per heavy atom. The second-order valence-corrected chi connectivity index (χ2v) is 6.07. The molecule has 0 atom stereocenters. The third-order valence-electron chi connectivity index (χ3n) is 4.24. The van der Waals surface area contributed by atoms with Crippen molar-refractivity contribution in [3.8, 4) is 11.4 Å². The Morgan fingerprint density at radius 1 is 1.24 bits per heavy atom. The first-order chi connectivity index (χ1) is 14.0. The molecule has 1 N–H and O–H groups in total. The molecule has 0 spiro atoms. The van der Waals surface area contributed by atoms with Gasteiger partial charge in [0.1, 0.15) is 11.4 Å². The van der Waals surface area contributed by atoms with Crippen LogP contribution in [0.15, 0.2) is 42.6 Å². The predicted molar refractivity (Wildman–Crippen MR) is 105 cm³/mol. The summed E-state index contributed by atoms with van der Waals surface area (Å²) in [5.41, 5.74) is 0.398. The molecule has 2 aromatic heterocycles. The van der Waals surface area contributed by atoms with Gasteiger partial charge in [0, 0.05) is 31.8 Å². The molecule has 0 fully saturated rings. The number of carbonyl (C=O) groups excluding carboxylic acids is 1. The topological polar surface area (TPSA) is 125 Å². The highest BCUT2D eigenvalue weighted by atomic mass is 16.6. The number of anilines is 1. The van der Waals surface area contributed by atoms with Crippen molar-refractivity contribution >= 4 is 17.5 Å². The second kappa shape index (κ2) is 8.91. The van der Waals surface area contributed by atoms with Crippen molar-refractivity contribution in [2.75, 3.05) is 18.5 Å². The largest absolute Gasteiger partial charge is 0.462 e. The van der Waals surface area contributed by atoms with Gasteiger partial charge >= 0.3 is 11.7 Å². The number of ether oxygens (including phenoxy) is 1. The second-order valence-electron chi connectivity index (χ2n) is 6.07. The molecule has 0 unspecified atom stereocenters. The van der Waals surface area contributed by atoms with Gasteiger partial charge in [-0.3, -0.25) is 10.1 Å². The van der Waals surface area contributed by atoms with Crippen molar-refractivity contribution in [3.05, 3.63) is 64.1 Å². The molecule has 0 saturated carbocycles. The molecule has 0 saturated heterocycles. The number of hydrogen-bond acceptors (Lipinski definition) is 8. The molecule has 29 heavy (non-hydrogen) atoms. The Bertz CT molecular complexity index is 1020. The van der Waals surface area contributed by atoms with E-state index in [0.717, 1.165) is 11.4 Å². The van der Waals surface area contributed by atoms with Gasteiger partial charge in [-0.05, 0) is 13.0 Å². The molecule has 10 heteroatoms. The summed E-state index contributed by atoms with van der Waals surface area (Å²) in [7, 11) is 1.86. The number of aromatic nitrogens is 4. The van der Waals surface area contributed by atoms with Gasteiger partial charge in [0.05, 0.1) is 11.5 Å². The van der Waals surface area contributed by atoms with Crippen LogP contribution in [-0.2, 0) is 18.2 Å². The number of hydrogen-bond donors (Lipinski definition) is 1. The average molecular weight is 396 g/mol. The number of carbonyl (C=O) groups is 1. The first-order valence-electron chi connectivity index (χ1n) is 9.01. The van der Waals surface area contributed by atoms with Crippen molar-refractivity contribution in [3.63, 3.8) is 0 Å². The van der Waals surface area contributed by atoms with E-state index in [9.17, 15) is 14.9 Å². The molecule has 0 radical (unpaired) electrons. The highest BCUT2D eigenvalue weighted by molar-refractivity contribution is 5.96. The van der Waals surface area contributed by atoms with Crippen LogP contribution in [0.3, 0.4) is 0 Å². The molecule has 3 rings (SSSR count). The van der Waals surface area contributed by atoms with Crippen LogP contribution in [0.2, 0.25) is 0 Å². The Morgan fingerprint density at radius 2 is 2.00 bits per heavy atom. The number of rotatable bonds is 8. The molecule has 3 aromatic rings. The van der Waals surface area contributed by atoms with E-state index in [1.165, 1.54) is 12.3 Å². The zero-order valence-electron chi connectivity index (χ0n) is 16.0. The van der Waals surface area contributed by atoms with Crippen LogP contribution in [0.4, 0.5) is 11.5 Å². The summed E-state index contributed by atoms with van der Waals surface area (Å²) in [6.07, 6.45) is 1.79. The van der Waals surface area contributed by atoms with E-state index < -0.39 is 16.6 Å². The molecule has 2 heterocycles. The van der Waals surface area contributed by atoms with Crippen LogP contribution < -0.4 is 5.32 Å². The van der Waals surface area contributed by atoms with Gasteiger partial charge in [-0.2, -0.15) is 0 Å². The van der Waals surface area contributed by atoms with E-state index in [1.807, 2.05) is 41.9 Å². The number of esters is 1. The molecule has 0 aliphatic rings. The van der Waals surface area contributed by atoms with Crippen molar-refractivity contribution in [2.45, 2.75) is 13.3 Å². The lowest BCUT2D eigenvalue weighted by Crippen LogP contribution is -2.14. The van der Waals surface area contributed by atoms with Gasteiger partial charge in [0.15, 0.2) is 5.82 Å². The van der Waals surface area contributed by atoms with Crippen molar-refractivity contribution in [1.82, 2.24) is 19.7 Å². The molecule has 1 aromatic carbocycles. The molecule has 10 nitrogen and oxygen atoms in total. The SMILES string of the molecule is CCOC(=O)c1ccnc(NCCc2nnc(-c3ccccc3)n2C)c1[N+](=O)[O-]. The van der Waals surface area contributed by atoms with Gasteiger partial charge in [-0.1, -0.05) is 30.3 Å². The maximum atomic E-state index is 12.0. The molecule has 0 aliphatic heterocycles. The minimum absolute atomic E-state index is 0.00556. The zero-order chi connectivity index (χ0) is 20.8. The number of nitrogens with zero attached hydrogens (tertiary/aromatic N) is 5. The standard InChI is InChI=1S/C19H20N6O4/c1-3-29-19(26)14-9-11-20-17(16(14)25(27)28)21-12-10-15-22-23-18(24(15)2)13-7-5-4-6-8-13/h4-9,11H,3,10,12H2,1-2H3,(H,20,21). The van der Waals surface area contributed by atoms with E-state index >= 15 is 0 Å². The van der Waals surface area contributed by atoms with Crippen molar-refractivity contribution in [1.29, 1.82) is 0 Å². The number of nitrogens with one attached hydrogen (secondary N) is 1. The summed E-state index contributed by atoms with van der Waals surface area (Å²) < 4.78 is 6.76. The van der Waals surface area contributed by atoms with Gasteiger partial charge < -0.3 is 14.6 Å². The summed E-state index contributed by atoms with van der Waals surface area (Å²) in [6.45, 7) is 2.08. The smallest absolute Gasteiger partial charge is 0.345 e. The number of benzene rings is 1. The maximum Gasteiger partial charge on any atom is 0.345 e. The van der Waals surface area contributed by atoms with Gasteiger partial charge in [-0.25, -0.2) is 9.78 Å². The average Bonchev–Trinajstić information content (AvgIpc) is 3.09. The van der Waals surface area contributed by atoms with Crippen LogP contribution in [0.5, 0.6) is 0 Å². The Balaban J connectivity index is 1.74. The Kier molecular flexibility index (Phi) is 6.12. The van der Waals surface area contributed by atoms with Crippen LogP contribution in [0.25, 0.3) is 11.4 Å². The van der Waals surface area contributed by atoms with Gasteiger partial charge in [0.2, 0.25) is 5.82 Å². The zero-order valence-corrected chi connectivity index (χ0v) is 16.0. The van der Waals surface area contributed by atoms with Gasteiger partial charge in [0.25, 0.3) is 0 Å². The van der Waals surface area contributed by atoms with Crippen molar-refractivity contribution < 1.29 is 14.5 Å². The monoisotopic (exact) mass is 396 g/mol. The molecule has 0 amide bonds. The highest BCUT2D eigenvalue weighted by Crippen LogP contribution is 2.27. The van der Waals surface area contributed by atoms with Gasteiger partial charge in [-0.15, -0.1) is 10.2 Å². The fraction of sp³-hybridized carbons (Fsp3) is 0.263. The molecular weight excluding hydrogens is 376 g/mol. The Labute approximate surface area is 166 Å². The first kappa shape index (κ1) is 19.9. The van der Waals surface area contributed by atoms with E-state index in [4.69, 9.17) is 4.74 Å². The molecular formula is C19H20N6O4. The summed E-state index contributed by atoms with van der Waals surface area (Å²) in [4.78, 5) is 26.9. The fourth-order valence-electron chi connectivity index (χ4n) is 2.85. The fourth-order valence-corrected chi connectivity index (χ4v) is 2.85. The molecule has 0 aliphatic carbocycles. The van der Waals surface area contributed by atoms with Crippen molar-refractivity contribution in [2.24, 2.45) is 7.05 Å². The van der Waals surface area contributed by atoms with Crippen LogP contribution in [0, 0.1) is 10.1 Å². The number of nitro groups is 1. The van der Waals surface area contributed by atoms with Crippen LogP contribution in [-0.4, -0.2) is 43.8 Å². The first-order valence-corrected chi connectivity index (χ1v) is 9.01. The molecule has 150 valence electrons. The highest BCUT2D eigenvalue weighted by Gasteiger charge is 2.26. The minimum atomic E-state index is -0.759. The minimum Gasteiger partial charge on any atom is -0.462 e. The predicted octanol–water partition coefficient (Wildman–Crippen LogP) is 2.62. The van der Waals surface area contributed by atoms with E-state index in [-0.39, 0.29) is 18.0 Å².